The predicted octanol–water partition coefficient (Wildman–Crippen LogP) is 1.12. The molecule has 0 radical (unpaired) electrons. The number of ether oxygens (including phenoxy) is 1. The minimum atomic E-state index is -1.15. The molecule has 0 fully saturated rings. The van der Waals surface area contributed by atoms with Crippen molar-refractivity contribution in [3.05, 3.63) is 58.1 Å². The fourth-order valence-electron chi connectivity index (χ4n) is 1.68. The zero-order chi connectivity index (χ0) is 13.8. The summed E-state index contributed by atoms with van der Waals surface area (Å²) in [6, 6.07) is 8.56. The van der Waals surface area contributed by atoms with Crippen LogP contribution in [0.2, 0.25) is 0 Å². The van der Waals surface area contributed by atoms with Gasteiger partial charge >= 0.3 is 0 Å². The molecule has 1 heterocycles. The van der Waals surface area contributed by atoms with Gasteiger partial charge in [-0.15, -0.1) is 5.10 Å². The summed E-state index contributed by atoms with van der Waals surface area (Å²) in [5.74, 6) is -0.272. The normalized spacial score (nSPS) is 12.2. The smallest absolute Gasteiger partial charge is 0.267 e. The van der Waals surface area contributed by atoms with E-state index in [9.17, 15) is 14.3 Å². The van der Waals surface area contributed by atoms with E-state index in [1.165, 1.54) is 37.4 Å². The highest BCUT2D eigenvalue weighted by atomic mass is 19.1. The van der Waals surface area contributed by atoms with Gasteiger partial charge in [0.05, 0.1) is 13.7 Å². The van der Waals surface area contributed by atoms with E-state index in [2.05, 4.69) is 5.10 Å². The molecule has 1 aromatic heterocycles. The predicted molar refractivity (Wildman–Crippen MR) is 66.4 cm³/mol. The fraction of sp³-hybridized carbons (Fsp3) is 0.231. The molecule has 0 amide bonds. The number of rotatable bonds is 4. The number of aromatic nitrogens is 2. The van der Waals surface area contributed by atoms with Gasteiger partial charge in [0.2, 0.25) is 5.88 Å². The van der Waals surface area contributed by atoms with Crippen molar-refractivity contribution in [3.63, 3.8) is 0 Å². The van der Waals surface area contributed by atoms with E-state index in [-0.39, 0.29) is 18.0 Å². The van der Waals surface area contributed by atoms with Crippen molar-refractivity contribution in [2.75, 3.05) is 7.11 Å². The standard InChI is InChI=1S/C13H13FN2O3/c1-19-12-6-7-13(18)16(15-12)8-11(17)9-4-2-3-5-10(9)14/h2-7,11,17H,8H2,1H3. The second-order valence-corrected chi connectivity index (χ2v) is 3.93. The summed E-state index contributed by atoms with van der Waals surface area (Å²) in [4.78, 5) is 11.6. The zero-order valence-electron chi connectivity index (χ0n) is 10.3. The second kappa shape index (κ2) is 5.62. The van der Waals surface area contributed by atoms with Gasteiger partial charge in [-0.2, -0.15) is 0 Å². The van der Waals surface area contributed by atoms with Crippen molar-refractivity contribution in [2.24, 2.45) is 0 Å². The molecule has 2 aromatic rings. The van der Waals surface area contributed by atoms with Crippen LogP contribution in [0.5, 0.6) is 5.88 Å². The Balaban J connectivity index is 2.26. The Labute approximate surface area is 108 Å². The Hall–Kier alpha value is -2.21. The molecule has 1 atom stereocenters. The average Bonchev–Trinajstić information content (AvgIpc) is 2.41. The Morgan fingerprint density at radius 2 is 2.11 bits per heavy atom. The summed E-state index contributed by atoms with van der Waals surface area (Å²) in [5.41, 5.74) is -0.268. The number of aliphatic hydroxyl groups excluding tert-OH is 1. The Morgan fingerprint density at radius 1 is 1.37 bits per heavy atom. The third-order valence-electron chi connectivity index (χ3n) is 2.66. The Morgan fingerprint density at radius 3 is 2.79 bits per heavy atom. The van der Waals surface area contributed by atoms with Crippen molar-refractivity contribution in [3.8, 4) is 5.88 Å². The molecule has 6 heteroatoms. The molecule has 0 aliphatic rings. The first kappa shape index (κ1) is 13.2. The SMILES string of the molecule is COc1ccc(=O)n(CC(O)c2ccccc2F)n1. The lowest BCUT2D eigenvalue weighted by molar-refractivity contribution is 0.144. The number of nitrogens with zero attached hydrogens (tertiary/aromatic N) is 2. The molecule has 5 nitrogen and oxygen atoms in total. The van der Waals surface area contributed by atoms with Crippen LogP contribution < -0.4 is 10.3 Å². The van der Waals surface area contributed by atoms with Crippen LogP contribution in [0.4, 0.5) is 4.39 Å². The molecule has 0 spiro atoms. The second-order valence-electron chi connectivity index (χ2n) is 3.93. The molecule has 1 aromatic carbocycles. The van der Waals surface area contributed by atoms with Crippen molar-refractivity contribution in [2.45, 2.75) is 12.6 Å². The van der Waals surface area contributed by atoms with E-state index in [0.717, 1.165) is 4.68 Å². The molecule has 1 N–H and O–H groups in total. The lowest BCUT2D eigenvalue weighted by Crippen LogP contribution is -2.25. The number of aliphatic hydroxyl groups is 1. The van der Waals surface area contributed by atoms with Gasteiger partial charge in [0.1, 0.15) is 11.9 Å². The molecule has 2 rings (SSSR count). The summed E-state index contributed by atoms with van der Waals surface area (Å²) in [6.45, 7) is -0.142. The van der Waals surface area contributed by atoms with Crippen LogP contribution in [-0.4, -0.2) is 22.0 Å². The van der Waals surface area contributed by atoms with E-state index >= 15 is 0 Å². The number of halogens is 1. The molecule has 19 heavy (non-hydrogen) atoms. The highest BCUT2D eigenvalue weighted by Gasteiger charge is 2.14. The largest absolute Gasteiger partial charge is 0.480 e. The molecule has 0 aliphatic heterocycles. The summed E-state index contributed by atoms with van der Waals surface area (Å²) in [6.07, 6.45) is -1.15. The molecule has 1 unspecified atom stereocenters. The maximum Gasteiger partial charge on any atom is 0.267 e. The van der Waals surface area contributed by atoms with Gasteiger partial charge in [0, 0.05) is 17.7 Å². The summed E-state index contributed by atoms with van der Waals surface area (Å²) >= 11 is 0. The van der Waals surface area contributed by atoms with Gasteiger partial charge < -0.3 is 9.84 Å². The van der Waals surface area contributed by atoms with Crippen LogP contribution in [0.3, 0.4) is 0 Å². The monoisotopic (exact) mass is 264 g/mol. The van der Waals surface area contributed by atoms with Crippen molar-refractivity contribution < 1.29 is 14.2 Å². The molecular weight excluding hydrogens is 251 g/mol. The molecule has 0 saturated carbocycles. The van der Waals surface area contributed by atoms with E-state index in [4.69, 9.17) is 4.74 Å². The lowest BCUT2D eigenvalue weighted by Gasteiger charge is -2.13. The average molecular weight is 264 g/mol. The Kier molecular flexibility index (Phi) is 3.91. The van der Waals surface area contributed by atoms with Gasteiger partial charge in [0.25, 0.3) is 5.56 Å². The van der Waals surface area contributed by atoms with E-state index in [0.29, 0.717) is 0 Å². The first-order valence-electron chi connectivity index (χ1n) is 5.66. The number of hydrogen-bond donors (Lipinski definition) is 1. The summed E-state index contributed by atoms with van der Waals surface area (Å²) in [5, 5.41) is 13.8. The van der Waals surface area contributed by atoms with Crippen LogP contribution in [0.1, 0.15) is 11.7 Å². The van der Waals surface area contributed by atoms with Crippen molar-refractivity contribution >= 4 is 0 Å². The highest BCUT2D eigenvalue weighted by molar-refractivity contribution is 5.19. The van der Waals surface area contributed by atoms with Crippen LogP contribution in [0.25, 0.3) is 0 Å². The van der Waals surface area contributed by atoms with Gasteiger partial charge in [-0.3, -0.25) is 4.79 Å². The van der Waals surface area contributed by atoms with Crippen LogP contribution >= 0.6 is 0 Å². The highest BCUT2D eigenvalue weighted by Crippen LogP contribution is 2.17. The third kappa shape index (κ3) is 2.97. The first-order valence-corrected chi connectivity index (χ1v) is 5.66. The van der Waals surface area contributed by atoms with Gasteiger partial charge in [-0.1, -0.05) is 18.2 Å². The van der Waals surface area contributed by atoms with Crippen molar-refractivity contribution in [1.82, 2.24) is 9.78 Å². The fourth-order valence-corrected chi connectivity index (χ4v) is 1.68. The minimum Gasteiger partial charge on any atom is -0.480 e. The third-order valence-corrected chi connectivity index (χ3v) is 2.66. The summed E-state index contributed by atoms with van der Waals surface area (Å²) < 4.78 is 19.4. The number of hydrogen-bond acceptors (Lipinski definition) is 4. The maximum absolute atomic E-state index is 13.5. The van der Waals surface area contributed by atoms with Gasteiger partial charge in [0.15, 0.2) is 0 Å². The minimum absolute atomic E-state index is 0.124. The van der Waals surface area contributed by atoms with E-state index < -0.39 is 17.5 Å². The molecule has 100 valence electrons. The van der Waals surface area contributed by atoms with E-state index in [1.54, 1.807) is 6.07 Å². The van der Waals surface area contributed by atoms with Crippen LogP contribution in [-0.2, 0) is 6.54 Å². The van der Waals surface area contributed by atoms with Crippen molar-refractivity contribution in [1.29, 1.82) is 0 Å². The van der Waals surface area contributed by atoms with E-state index in [1.807, 2.05) is 0 Å². The number of methoxy groups -OCH3 is 1. The van der Waals surface area contributed by atoms with Crippen LogP contribution in [0, 0.1) is 5.82 Å². The molecule has 0 bridgehead atoms. The number of benzene rings is 1. The molecule has 0 aliphatic carbocycles. The van der Waals surface area contributed by atoms with Gasteiger partial charge in [-0.05, 0) is 6.07 Å². The van der Waals surface area contributed by atoms with Gasteiger partial charge in [-0.25, -0.2) is 9.07 Å². The molecule has 0 saturated heterocycles. The maximum atomic E-state index is 13.5. The van der Waals surface area contributed by atoms with Crippen LogP contribution in [0.15, 0.2) is 41.2 Å². The lowest BCUT2D eigenvalue weighted by atomic mass is 10.1. The topological polar surface area (TPSA) is 64.3 Å². The first-order chi connectivity index (χ1) is 9.11. The zero-order valence-corrected chi connectivity index (χ0v) is 10.3. The molecular formula is C13H13FN2O3. The Bertz CT molecular complexity index is 627. The quantitative estimate of drug-likeness (QED) is 0.899. The summed E-state index contributed by atoms with van der Waals surface area (Å²) in [7, 11) is 1.42.